The van der Waals surface area contributed by atoms with Crippen LogP contribution in [0.4, 0.5) is 8.78 Å². The number of benzene rings is 2. The van der Waals surface area contributed by atoms with Gasteiger partial charge in [-0.2, -0.15) is 0 Å². The zero-order valence-electron chi connectivity index (χ0n) is 12.0. The number of nitrogens with zero attached hydrogens (tertiary/aromatic N) is 1. The molecule has 0 aliphatic carbocycles. The number of alkyl halides is 2. The lowest BCUT2D eigenvalue weighted by atomic mass is 9.97. The van der Waals surface area contributed by atoms with Crippen LogP contribution in [-0.2, 0) is 0 Å². The van der Waals surface area contributed by atoms with Crippen LogP contribution in [0, 0.1) is 11.6 Å². The molecule has 0 heterocycles. The summed E-state index contributed by atoms with van der Waals surface area (Å²) in [5.74, 6) is 0.330. The van der Waals surface area contributed by atoms with Crippen LogP contribution in [0.25, 0.3) is 0 Å². The quantitative estimate of drug-likeness (QED) is 0.650. The molecule has 118 valence electrons. The van der Waals surface area contributed by atoms with Crippen molar-refractivity contribution in [2.45, 2.75) is 6.04 Å². The number of hydrogen-bond donors (Lipinski definition) is 0. The molecule has 0 N–H and O–H groups in total. The average molecular weight is 344 g/mol. The van der Waals surface area contributed by atoms with Gasteiger partial charge in [-0.15, -0.1) is 23.2 Å². The molecule has 0 saturated heterocycles. The highest BCUT2D eigenvalue weighted by molar-refractivity contribution is 6.18. The van der Waals surface area contributed by atoms with E-state index >= 15 is 0 Å². The second kappa shape index (κ2) is 8.47. The molecule has 2 rings (SSSR count). The van der Waals surface area contributed by atoms with Crippen LogP contribution in [0.5, 0.6) is 0 Å². The van der Waals surface area contributed by atoms with Gasteiger partial charge in [0.15, 0.2) is 0 Å². The standard InChI is InChI=1S/C17H17Cl2F2N/c18-9-11-22(12-10-19)17(13-1-5-15(20)6-2-13)14-3-7-16(21)8-4-14/h1-8,17H,9-12H2. The normalized spacial score (nSPS) is 11.4. The fourth-order valence-corrected chi connectivity index (χ4v) is 2.93. The van der Waals surface area contributed by atoms with E-state index in [2.05, 4.69) is 4.90 Å². The molecule has 1 nitrogen and oxygen atoms in total. The third kappa shape index (κ3) is 4.42. The summed E-state index contributed by atoms with van der Waals surface area (Å²) in [5.41, 5.74) is 1.84. The summed E-state index contributed by atoms with van der Waals surface area (Å²) < 4.78 is 26.4. The molecule has 22 heavy (non-hydrogen) atoms. The van der Waals surface area contributed by atoms with Gasteiger partial charge in [-0.3, -0.25) is 4.90 Å². The molecule has 5 heteroatoms. The van der Waals surface area contributed by atoms with Crippen molar-refractivity contribution in [2.75, 3.05) is 24.8 Å². The Hall–Kier alpha value is -1.16. The highest BCUT2D eigenvalue weighted by atomic mass is 35.5. The Morgan fingerprint density at radius 1 is 0.727 bits per heavy atom. The van der Waals surface area contributed by atoms with E-state index < -0.39 is 0 Å². The third-order valence-electron chi connectivity index (χ3n) is 3.48. The van der Waals surface area contributed by atoms with E-state index in [1.54, 1.807) is 24.3 Å². The average Bonchev–Trinajstić information content (AvgIpc) is 2.52. The molecule has 2 aromatic rings. The summed E-state index contributed by atoms with van der Waals surface area (Å²) in [6, 6.07) is 12.5. The molecule has 0 amide bonds. The highest BCUT2D eigenvalue weighted by Gasteiger charge is 2.21. The molecule has 0 saturated carbocycles. The predicted octanol–water partition coefficient (Wildman–Crippen LogP) is 4.83. The number of halogens is 4. The maximum absolute atomic E-state index is 13.2. The van der Waals surface area contributed by atoms with Crippen LogP contribution < -0.4 is 0 Å². The fourth-order valence-electron chi connectivity index (χ4n) is 2.49. The summed E-state index contributed by atoms with van der Waals surface area (Å²) in [6.07, 6.45) is 0. The van der Waals surface area contributed by atoms with E-state index in [9.17, 15) is 8.78 Å². The van der Waals surface area contributed by atoms with Crippen LogP contribution in [0.1, 0.15) is 17.2 Å². The minimum absolute atomic E-state index is 0.140. The zero-order valence-corrected chi connectivity index (χ0v) is 13.5. The van der Waals surface area contributed by atoms with Gasteiger partial charge in [0.05, 0.1) is 6.04 Å². The molecule has 0 atom stereocenters. The minimum atomic E-state index is -0.289. The Labute approximate surface area is 139 Å². The predicted molar refractivity (Wildman–Crippen MR) is 87.7 cm³/mol. The summed E-state index contributed by atoms with van der Waals surface area (Å²) in [6.45, 7) is 1.27. The second-order valence-electron chi connectivity index (χ2n) is 4.92. The molecule has 0 radical (unpaired) electrons. The Bertz CT molecular complexity index is 521. The van der Waals surface area contributed by atoms with Gasteiger partial charge in [0.2, 0.25) is 0 Å². The van der Waals surface area contributed by atoms with Crippen molar-refractivity contribution in [3.63, 3.8) is 0 Å². The molecule has 0 fully saturated rings. The molecule has 0 bridgehead atoms. The summed E-state index contributed by atoms with van der Waals surface area (Å²) in [7, 11) is 0. The zero-order chi connectivity index (χ0) is 15.9. The summed E-state index contributed by atoms with van der Waals surface area (Å²) in [4.78, 5) is 2.11. The van der Waals surface area contributed by atoms with Crippen molar-refractivity contribution in [1.29, 1.82) is 0 Å². The lowest BCUT2D eigenvalue weighted by Gasteiger charge is -2.31. The van der Waals surface area contributed by atoms with Crippen LogP contribution in [-0.4, -0.2) is 29.7 Å². The Balaban J connectivity index is 2.42. The van der Waals surface area contributed by atoms with E-state index in [1.165, 1.54) is 24.3 Å². The van der Waals surface area contributed by atoms with Gasteiger partial charge in [0, 0.05) is 24.8 Å². The Morgan fingerprint density at radius 2 is 1.09 bits per heavy atom. The molecule has 0 aromatic heterocycles. The van der Waals surface area contributed by atoms with Gasteiger partial charge in [-0.25, -0.2) is 8.78 Å². The van der Waals surface area contributed by atoms with Crippen LogP contribution in [0.3, 0.4) is 0 Å². The van der Waals surface area contributed by atoms with E-state index in [0.717, 1.165) is 11.1 Å². The van der Waals surface area contributed by atoms with Crippen LogP contribution in [0.15, 0.2) is 48.5 Å². The molecule has 2 aromatic carbocycles. The second-order valence-corrected chi connectivity index (χ2v) is 5.68. The minimum Gasteiger partial charge on any atom is -0.290 e. The molecular formula is C17H17Cl2F2N. The maximum atomic E-state index is 13.2. The molecule has 0 aliphatic rings. The molecule has 0 spiro atoms. The van der Waals surface area contributed by atoms with Gasteiger partial charge < -0.3 is 0 Å². The molecular weight excluding hydrogens is 327 g/mol. The number of hydrogen-bond acceptors (Lipinski definition) is 1. The van der Waals surface area contributed by atoms with Crippen LogP contribution >= 0.6 is 23.2 Å². The van der Waals surface area contributed by atoms with Crippen LogP contribution in [0.2, 0.25) is 0 Å². The Kier molecular flexibility index (Phi) is 6.62. The summed E-state index contributed by atoms with van der Waals surface area (Å²) >= 11 is 11.8. The Morgan fingerprint density at radius 3 is 1.41 bits per heavy atom. The first-order valence-corrected chi connectivity index (χ1v) is 8.09. The van der Waals surface area contributed by atoms with Crippen molar-refractivity contribution in [2.24, 2.45) is 0 Å². The smallest absolute Gasteiger partial charge is 0.123 e. The third-order valence-corrected chi connectivity index (χ3v) is 3.82. The first-order chi connectivity index (χ1) is 10.7. The van der Waals surface area contributed by atoms with Crippen molar-refractivity contribution < 1.29 is 8.78 Å². The van der Waals surface area contributed by atoms with E-state index in [4.69, 9.17) is 23.2 Å². The van der Waals surface area contributed by atoms with Crippen molar-refractivity contribution in [1.82, 2.24) is 4.90 Å². The van der Waals surface area contributed by atoms with Crippen molar-refractivity contribution >= 4 is 23.2 Å². The first-order valence-electron chi connectivity index (χ1n) is 7.02. The largest absolute Gasteiger partial charge is 0.290 e. The van der Waals surface area contributed by atoms with Gasteiger partial charge in [0.1, 0.15) is 11.6 Å². The van der Waals surface area contributed by atoms with E-state index in [-0.39, 0.29) is 17.7 Å². The lowest BCUT2D eigenvalue weighted by molar-refractivity contribution is 0.253. The molecule has 0 unspecified atom stereocenters. The number of rotatable bonds is 7. The van der Waals surface area contributed by atoms with Gasteiger partial charge >= 0.3 is 0 Å². The first kappa shape index (κ1) is 17.2. The lowest BCUT2D eigenvalue weighted by Crippen LogP contribution is -2.33. The SMILES string of the molecule is Fc1ccc(C(c2ccc(F)cc2)N(CCCl)CCCl)cc1. The fraction of sp³-hybridized carbons (Fsp3) is 0.294. The highest BCUT2D eigenvalue weighted by Crippen LogP contribution is 2.29. The van der Waals surface area contributed by atoms with Gasteiger partial charge in [-0.1, -0.05) is 24.3 Å². The monoisotopic (exact) mass is 343 g/mol. The van der Waals surface area contributed by atoms with Crippen molar-refractivity contribution in [3.8, 4) is 0 Å². The van der Waals surface area contributed by atoms with Crippen molar-refractivity contribution in [3.05, 3.63) is 71.3 Å². The summed E-state index contributed by atoms with van der Waals surface area (Å²) in [5, 5.41) is 0. The van der Waals surface area contributed by atoms with Gasteiger partial charge in [0.25, 0.3) is 0 Å². The maximum Gasteiger partial charge on any atom is 0.123 e. The van der Waals surface area contributed by atoms with Gasteiger partial charge in [-0.05, 0) is 35.4 Å². The topological polar surface area (TPSA) is 3.24 Å². The van der Waals surface area contributed by atoms with E-state index in [0.29, 0.717) is 24.8 Å². The molecule has 0 aliphatic heterocycles. The van der Waals surface area contributed by atoms with E-state index in [1.807, 2.05) is 0 Å².